The second-order valence-electron chi connectivity index (χ2n) is 1.40. The van der Waals surface area contributed by atoms with Crippen LogP contribution in [0.3, 0.4) is 0 Å². The molecule has 0 fully saturated rings. The number of rotatable bonds is 1. The third-order valence-corrected chi connectivity index (χ3v) is 1.15. The Bertz CT molecular complexity index is 152. The molecule has 0 N–H and O–H groups in total. The molecule has 8 heavy (non-hydrogen) atoms. The second-order valence-corrected chi connectivity index (χ2v) is 1.68. The van der Waals surface area contributed by atoms with Crippen molar-refractivity contribution in [3.63, 3.8) is 0 Å². The highest BCUT2D eigenvalue weighted by Crippen LogP contribution is 1.96. The molecule has 0 aromatic carbocycles. The molecule has 1 radical (unpaired) electrons. The maximum atomic E-state index is 4.75. The molecule has 0 saturated heterocycles. The Morgan fingerprint density at radius 1 is 1.50 bits per heavy atom. The van der Waals surface area contributed by atoms with Crippen LogP contribution >= 0.6 is 12.6 Å². The van der Waals surface area contributed by atoms with Crippen molar-refractivity contribution in [2.75, 3.05) is 0 Å². The molecule has 0 aliphatic rings. The first-order valence-corrected chi connectivity index (χ1v) is 2.85. The molecule has 0 unspecified atom stereocenters. The highest BCUT2D eigenvalue weighted by molar-refractivity contribution is 7.79. The maximum absolute atomic E-state index is 4.75. The molecule has 1 heterocycles. The minimum atomic E-state index is 0.621. The lowest BCUT2D eigenvalue weighted by molar-refractivity contribution is 1.01. The van der Waals surface area contributed by atoms with Gasteiger partial charge in [0, 0.05) is 11.9 Å². The van der Waals surface area contributed by atoms with Gasteiger partial charge in [0.1, 0.15) is 0 Å². The minimum absolute atomic E-state index is 0.621. The molecule has 0 atom stereocenters. The van der Waals surface area contributed by atoms with E-state index < -0.39 is 0 Å². The van der Waals surface area contributed by atoms with Gasteiger partial charge in [-0.3, -0.25) is 0 Å². The zero-order valence-electron chi connectivity index (χ0n) is 4.24. The average Bonchev–Trinajstić information content (AvgIpc) is 1.90. The molecular formula is C5H5N2S. The Balaban J connectivity index is 2.83. The van der Waals surface area contributed by atoms with E-state index in [1.165, 1.54) is 0 Å². The molecule has 1 rings (SSSR count). The predicted molar refractivity (Wildman–Crippen MR) is 33.3 cm³/mol. The van der Waals surface area contributed by atoms with E-state index in [9.17, 15) is 0 Å². The van der Waals surface area contributed by atoms with Crippen molar-refractivity contribution < 1.29 is 0 Å². The monoisotopic (exact) mass is 125 g/mol. The van der Waals surface area contributed by atoms with Crippen LogP contribution in [0.4, 0.5) is 0 Å². The summed E-state index contributed by atoms with van der Waals surface area (Å²) in [5, 5.41) is 7.24. The molecular weight excluding hydrogens is 120 g/mol. The van der Waals surface area contributed by atoms with E-state index in [1.54, 1.807) is 12.4 Å². The first-order valence-electron chi connectivity index (χ1n) is 2.27. The molecule has 41 valence electrons. The Hall–Kier alpha value is -0.570. The van der Waals surface area contributed by atoms with E-state index >= 15 is 0 Å². The zero-order chi connectivity index (χ0) is 5.82. The van der Waals surface area contributed by atoms with Gasteiger partial charge in [0.2, 0.25) is 0 Å². The van der Waals surface area contributed by atoms with Crippen LogP contribution in [0.1, 0.15) is 5.56 Å². The Labute approximate surface area is 53.4 Å². The summed E-state index contributed by atoms with van der Waals surface area (Å²) < 4.78 is 0. The fourth-order valence-corrected chi connectivity index (χ4v) is 0.574. The van der Waals surface area contributed by atoms with Crippen LogP contribution < -0.4 is 0 Å². The molecule has 1 aromatic heterocycles. The molecule has 0 bridgehead atoms. The van der Waals surface area contributed by atoms with Crippen molar-refractivity contribution in [1.29, 1.82) is 0 Å². The highest BCUT2D eigenvalue weighted by atomic mass is 32.1. The van der Waals surface area contributed by atoms with Gasteiger partial charge in [0.05, 0.1) is 6.20 Å². The van der Waals surface area contributed by atoms with Gasteiger partial charge in [-0.2, -0.15) is 10.2 Å². The Kier molecular flexibility index (Phi) is 1.86. The van der Waals surface area contributed by atoms with Gasteiger partial charge in [-0.25, -0.2) is 0 Å². The third-order valence-electron chi connectivity index (χ3n) is 0.812. The van der Waals surface area contributed by atoms with E-state index in [1.807, 2.05) is 6.07 Å². The normalized spacial score (nSPS) is 9.12. The van der Waals surface area contributed by atoms with E-state index in [2.05, 4.69) is 10.2 Å². The number of nitrogens with zero attached hydrogens (tertiary/aromatic N) is 2. The summed E-state index contributed by atoms with van der Waals surface area (Å²) in [6.07, 6.45) is 3.31. The summed E-state index contributed by atoms with van der Waals surface area (Å²) in [6, 6.07) is 1.86. The zero-order valence-corrected chi connectivity index (χ0v) is 5.06. The lowest BCUT2D eigenvalue weighted by Gasteiger charge is -1.86. The summed E-state index contributed by atoms with van der Waals surface area (Å²) in [5.41, 5.74) is 1.05. The molecule has 3 heteroatoms. The fourth-order valence-electron chi connectivity index (χ4n) is 0.403. The van der Waals surface area contributed by atoms with Gasteiger partial charge in [0.25, 0.3) is 0 Å². The van der Waals surface area contributed by atoms with Gasteiger partial charge in [-0.1, -0.05) is 12.6 Å². The summed E-state index contributed by atoms with van der Waals surface area (Å²) >= 11 is 4.75. The number of hydrogen-bond acceptors (Lipinski definition) is 2. The molecule has 0 aliphatic heterocycles. The van der Waals surface area contributed by atoms with Crippen molar-refractivity contribution in [1.82, 2.24) is 10.2 Å². The van der Waals surface area contributed by atoms with Crippen LogP contribution in [0.2, 0.25) is 0 Å². The third kappa shape index (κ3) is 1.20. The lowest BCUT2D eigenvalue weighted by Crippen LogP contribution is -1.81. The van der Waals surface area contributed by atoms with Crippen LogP contribution in [0.25, 0.3) is 0 Å². The van der Waals surface area contributed by atoms with Crippen molar-refractivity contribution in [2.45, 2.75) is 5.75 Å². The van der Waals surface area contributed by atoms with E-state index in [0.717, 1.165) is 5.56 Å². The number of aromatic nitrogens is 2. The fraction of sp³-hybridized carbons (Fsp3) is 0.200. The van der Waals surface area contributed by atoms with E-state index in [4.69, 9.17) is 12.6 Å². The summed E-state index contributed by atoms with van der Waals surface area (Å²) in [4.78, 5) is 0. The molecule has 0 spiro atoms. The SMILES string of the molecule is [S]Cc1ccnnc1. The summed E-state index contributed by atoms with van der Waals surface area (Å²) in [6.45, 7) is 0. The van der Waals surface area contributed by atoms with Crippen LogP contribution in [0.15, 0.2) is 18.5 Å². The molecule has 0 amide bonds. The van der Waals surface area contributed by atoms with Gasteiger partial charge in [-0.15, -0.1) is 0 Å². The highest BCUT2D eigenvalue weighted by Gasteiger charge is 1.83. The Morgan fingerprint density at radius 2 is 2.38 bits per heavy atom. The van der Waals surface area contributed by atoms with Crippen LogP contribution in [0.5, 0.6) is 0 Å². The van der Waals surface area contributed by atoms with Gasteiger partial charge in [-0.05, 0) is 11.6 Å². The Morgan fingerprint density at radius 3 is 2.75 bits per heavy atom. The first-order chi connectivity index (χ1) is 3.93. The molecule has 1 aromatic rings. The van der Waals surface area contributed by atoms with E-state index in [0.29, 0.717) is 5.75 Å². The summed E-state index contributed by atoms with van der Waals surface area (Å²) in [7, 11) is 0. The smallest absolute Gasteiger partial charge is 0.0536 e. The van der Waals surface area contributed by atoms with Crippen molar-refractivity contribution in [3.05, 3.63) is 24.0 Å². The lowest BCUT2D eigenvalue weighted by atomic mass is 10.4. The average molecular weight is 125 g/mol. The number of hydrogen-bond donors (Lipinski definition) is 0. The van der Waals surface area contributed by atoms with Crippen LogP contribution in [0, 0.1) is 0 Å². The van der Waals surface area contributed by atoms with Gasteiger partial charge >= 0.3 is 0 Å². The maximum Gasteiger partial charge on any atom is 0.0536 e. The standard InChI is InChI=1S/C5H5N2S/c8-4-5-1-2-6-7-3-5/h1-3H,4H2. The van der Waals surface area contributed by atoms with Gasteiger partial charge < -0.3 is 0 Å². The largest absolute Gasteiger partial charge is 0.159 e. The summed E-state index contributed by atoms with van der Waals surface area (Å²) in [5.74, 6) is 0.621. The molecule has 2 nitrogen and oxygen atoms in total. The van der Waals surface area contributed by atoms with Crippen molar-refractivity contribution in [3.8, 4) is 0 Å². The van der Waals surface area contributed by atoms with Crippen LogP contribution in [-0.2, 0) is 5.75 Å². The predicted octanol–water partition coefficient (Wildman–Crippen LogP) is 1.17. The van der Waals surface area contributed by atoms with Crippen molar-refractivity contribution >= 4 is 12.6 Å². The van der Waals surface area contributed by atoms with E-state index in [-0.39, 0.29) is 0 Å². The first kappa shape index (κ1) is 5.56. The van der Waals surface area contributed by atoms with Crippen LogP contribution in [-0.4, -0.2) is 10.2 Å². The molecule has 0 aliphatic carbocycles. The van der Waals surface area contributed by atoms with Gasteiger partial charge in [0.15, 0.2) is 0 Å². The second kappa shape index (κ2) is 2.67. The van der Waals surface area contributed by atoms with Crippen molar-refractivity contribution in [2.24, 2.45) is 0 Å². The molecule has 0 saturated carbocycles. The minimum Gasteiger partial charge on any atom is -0.159 e. The quantitative estimate of drug-likeness (QED) is 0.563. The topological polar surface area (TPSA) is 25.8 Å².